The number of rotatable bonds is 6. The standard InChI is InChI=1S/C17H25ClFN3O3S/c1-12(2)13(3)20-17(23)11-21-6-8-22(9-7-21)26(24,25)14-4-5-16(19)15(18)10-14/h4-5,10,12-13H,6-9,11H2,1-3H3,(H,20,23)/p+1/t13-/m1/s1. The van der Waals surface area contributed by atoms with Crippen LogP contribution in [0.15, 0.2) is 23.1 Å². The lowest BCUT2D eigenvalue weighted by Crippen LogP contribution is -3.15. The molecule has 1 saturated heterocycles. The number of quaternary nitrogens is 1. The van der Waals surface area contributed by atoms with Gasteiger partial charge < -0.3 is 10.2 Å². The van der Waals surface area contributed by atoms with Crippen LogP contribution in [-0.2, 0) is 14.8 Å². The molecule has 0 spiro atoms. The van der Waals surface area contributed by atoms with Crippen molar-refractivity contribution in [2.24, 2.45) is 5.92 Å². The largest absolute Gasteiger partial charge is 0.348 e. The number of amides is 1. The third-order valence-electron chi connectivity index (χ3n) is 4.76. The predicted octanol–water partition coefficient (Wildman–Crippen LogP) is 0.529. The lowest BCUT2D eigenvalue weighted by atomic mass is 10.1. The maximum atomic E-state index is 13.3. The summed E-state index contributed by atoms with van der Waals surface area (Å²) in [5, 5.41) is 2.75. The maximum absolute atomic E-state index is 13.3. The van der Waals surface area contributed by atoms with E-state index in [2.05, 4.69) is 5.32 Å². The molecular formula is C17H26ClFN3O3S+. The minimum absolute atomic E-state index is 0.0177. The van der Waals surface area contributed by atoms with Crippen LogP contribution in [0.4, 0.5) is 4.39 Å². The number of carbonyl (C=O) groups excluding carboxylic acids is 1. The van der Waals surface area contributed by atoms with Gasteiger partial charge in [0.05, 0.1) is 36.1 Å². The molecular weight excluding hydrogens is 381 g/mol. The summed E-state index contributed by atoms with van der Waals surface area (Å²) in [6.07, 6.45) is 0. The van der Waals surface area contributed by atoms with Crippen LogP contribution in [0, 0.1) is 11.7 Å². The van der Waals surface area contributed by atoms with Crippen molar-refractivity contribution in [1.82, 2.24) is 9.62 Å². The number of carbonyl (C=O) groups is 1. The Morgan fingerprint density at radius 3 is 2.46 bits per heavy atom. The average molecular weight is 407 g/mol. The van der Waals surface area contributed by atoms with Crippen LogP contribution in [0.2, 0.25) is 5.02 Å². The SMILES string of the molecule is CC(C)[C@@H](C)NC(=O)C[NH+]1CCN(S(=O)(=O)c2ccc(F)c(Cl)c2)CC1. The minimum atomic E-state index is -3.72. The Balaban J connectivity index is 1.93. The van der Waals surface area contributed by atoms with Crippen molar-refractivity contribution < 1.29 is 22.5 Å². The molecule has 9 heteroatoms. The highest BCUT2D eigenvalue weighted by Gasteiger charge is 2.31. The van der Waals surface area contributed by atoms with Crippen molar-refractivity contribution in [2.45, 2.75) is 31.7 Å². The summed E-state index contributed by atoms with van der Waals surface area (Å²) in [6, 6.07) is 3.51. The van der Waals surface area contributed by atoms with Gasteiger partial charge in [0.1, 0.15) is 5.82 Å². The first-order valence-electron chi connectivity index (χ1n) is 8.69. The fourth-order valence-electron chi connectivity index (χ4n) is 2.70. The van der Waals surface area contributed by atoms with E-state index in [1.54, 1.807) is 0 Å². The summed E-state index contributed by atoms with van der Waals surface area (Å²) in [5.41, 5.74) is 0. The summed E-state index contributed by atoms with van der Waals surface area (Å²) in [7, 11) is -3.72. The first-order chi connectivity index (χ1) is 12.1. The van der Waals surface area contributed by atoms with Crippen LogP contribution in [-0.4, -0.2) is 57.4 Å². The van der Waals surface area contributed by atoms with Gasteiger partial charge in [-0.1, -0.05) is 25.4 Å². The summed E-state index contributed by atoms with van der Waals surface area (Å²) in [4.78, 5) is 13.1. The zero-order chi connectivity index (χ0) is 19.5. The van der Waals surface area contributed by atoms with E-state index in [1.807, 2.05) is 20.8 Å². The van der Waals surface area contributed by atoms with E-state index < -0.39 is 15.8 Å². The number of hydrogen-bond donors (Lipinski definition) is 2. The highest BCUT2D eigenvalue weighted by molar-refractivity contribution is 7.89. The smallest absolute Gasteiger partial charge is 0.275 e. The normalized spacial score (nSPS) is 18.1. The van der Waals surface area contributed by atoms with Crippen molar-refractivity contribution in [3.63, 3.8) is 0 Å². The van der Waals surface area contributed by atoms with E-state index in [0.29, 0.717) is 38.6 Å². The highest BCUT2D eigenvalue weighted by Crippen LogP contribution is 2.22. The molecule has 0 bridgehead atoms. The second-order valence-corrected chi connectivity index (χ2v) is 9.35. The number of hydrogen-bond acceptors (Lipinski definition) is 3. The highest BCUT2D eigenvalue weighted by atomic mass is 35.5. The number of nitrogens with one attached hydrogen (secondary N) is 2. The van der Waals surface area contributed by atoms with Crippen molar-refractivity contribution in [1.29, 1.82) is 0 Å². The molecule has 1 aliphatic rings. The molecule has 1 heterocycles. The molecule has 6 nitrogen and oxygen atoms in total. The summed E-state index contributed by atoms with van der Waals surface area (Å²) >= 11 is 5.70. The molecule has 0 aliphatic carbocycles. The van der Waals surface area contributed by atoms with Crippen LogP contribution in [0.1, 0.15) is 20.8 Å². The Morgan fingerprint density at radius 1 is 1.31 bits per heavy atom. The number of sulfonamides is 1. The van der Waals surface area contributed by atoms with E-state index in [4.69, 9.17) is 11.6 Å². The molecule has 1 fully saturated rings. The molecule has 1 aromatic rings. The van der Waals surface area contributed by atoms with Gasteiger partial charge in [-0.25, -0.2) is 12.8 Å². The fraction of sp³-hybridized carbons (Fsp3) is 0.588. The van der Waals surface area contributed by atoms with E-state index in [0.717, 1.165) is 17.0 Å². The third-order valence-corrected chi connectivity index (χ3v) is 6.94. The fourth-order valence-corrected chi connectivity index (χ4v) is 4.42. The summed E-state index contributed by atoms with van der Waals surface area (Å²) in [6.45, 7) is 8.07. The minimum Gasteiger partial charge on any atom is -0.348 e. The zero-order valence-corrected chi connectivity index (χ0v) is 16.8. The second kappa shape index (κ2) is 8.65. The van der Waals surface area contributed by atoms with Crippen molar-refractivity contribution in [2.75, 3.05) is 32.7 Å². The van der Waals surface area contributed by atoms with Gasteiger partial charge in [0.2, 0.25) is 10.0 Å². The molecule has 1 aromatic carbocycles. The summed E-state index contributed by atoms with van der Waals surface area (Å²) in [5.74, 6) is -0.317. The lowest BCUT2D eigenvalue weighted by molar-refractivity contribution is -0.895. The van der Waals surface area contributed by atoms with Crippen LogP contribution < -0.4 is 10.2 Å². The van der Waals surface area contributed by atoms with E-state index in [-0.39, 0.29) is 21.9 Å². The van der Waals surface area contributed by atoms with Gasteiger partial charge in [-0.15, -0.1) is 0 Å². The number of halogens is 2. The Labute approximate surface area is 159 Å². The van der Waals surface area contributed by atoms with Gasteiger partial charge >= 0.3 is 0 Å². The van der Waals surface area contributed by atoms with Crippen molar-refractivity contribution in [3.8, 4) is 0 Å². The number of nitrogens with zero attached hydrogens (tertiary/aromatic N) is 1. The molecule has 0 aromatic heterocycles. The molecule has 2 rings (SSSR count). The topological polar surface area (TPSA) is 70.9 Å². The molecule has 0 radical (unpaired) electrons. The van der Waals surface area contributed by atoms with E-state index in [9.17, 15) is 17.6 Å². The monoisotopic (exact) mass is 406 g/mol. The Bertz CT molecular complexity index is 750. The first-order valence-corrected chi connectivity index (χ1v) is 10.5. The van der Waals surface area contributed by atoms with Crippen LogP contribution in [0.3, 0.4) is 0 Å². The summed E-state index contributed by atoms with van der Waals surface area (Å²) < 4.78 is 39.9. The van der Waals surface area contributed by atoms with E-state index >= 15 is 0 Å². The molecule has 1 amide bonds. The quantitative estimate of drug-likeness (QED) is 0.724. The molecule has 2 N–H and O–H groups in total. The van der Waals surface area contributed by atoms with Gasteiger partial charge in [0.25, 0.3) is 5.91 Å². The predicted molar refractivity (Wildman–Crippen MR) is 98.2 cm³/mol. The van der Waals surface area contributed by atoms with Gasteiger partial charge in [-0.05, 0) is 31.0 Å². The van der Waals surface area contributed by atoms with Crippen LogP contribution >= 0.6 is 11.6 Å². The Hall–Kier alpha value is -1.22. The van der Waals surface area contributed by atoms with E-state index in [1.165, 1.54) is 10.4 Å². The van der Waals surface area contributed by atoms with Gasteiger partial charge in [0.15, 0.2) is 6.54 Å². The lowest BCUT2D eigenvalue weighted by Gasteiger charge is -2.31. The van der Waals surface area contributed by atoms with Crippen molar-refractivity contribution in [3.05, 3.63) is 29.0 Å². The van der Waals surface area contributed by atoms with Gasteiger partial charge in [0, 0.05) is 6.04 Å². The third kappa shape index (κ3) is 5.16. The number of benzene rings is 1. The average Bonchev–Trinajstić information content (AvgIpc) is 2.57. The molecule has 26 heavy (non-hydrogen) atoms. The van der Waals surface area contributed by atoms with Crippen LogP contribution in [0.25, 0.3) is 0 Å². The van der Waals surface area contributed by atoms with Gasteiger partial charge in [-0.2, -0.15) is 4.31 Å². The molecule has 1 atom stereocenters. The van der Waals surface area contributed by atoms with Crippen molar-refractivity contribution >= 4 is 27.5 Å². The van der Waals surface area contributed by atoms with Crippen LogP contribution in [0.5, 0.6) is 0 Å². The first kappa shape index (κ1) is 21.1. The molecule has 146 valence electrons. The Morgan fingerprint density at radius 2 is 1.92 bits per heavy atom. The number of piperazine rings is 1. The molecule has 0 unspecified atom stereocenters. The Kier molecular flexibility index (Phi) is 7.01. The molecule has 0 saturated carbocycles. The zero-order valence-electron chi connectivity index (χ0n) is 15.3. The van der Waals surface area contributed by atoms with Gasteiger partial charge in [-0.3, -0.25) is 4.79 Å². The molecule has 1 aliphatic heterocycles. The maximum Gasteiger partial charge on any atom is 0.275 e. The second-order valence-electron chi connectivity index (χ2n) is 7.01.